The molecule has 0 fully saturated rings. The van der Waals surface area contributed by atoms with Crippen LogP contribution >= 0.6 is 46.4 Å². The number of anilines is 1. The van der Waals surface area contributed by atoms with Crippen LogP contribution in [0.25, 0.3) is 0 Å². The van der Waals surface area contributed by atoms with Crippen LogP contribution in [0.5, 0.6) is 0 Å². The Hall–Kier alpha value is -1.86. The van der Waals surface area contributed by atoms with Gasteiger partial charge in [0, 0.05) is 0 Å². The number of nitrogens with one attached hydrogen (secondary N) is 1. The molecule has 0 saturated heterocycles. The number of amides is 3. The third-order valence-electron chi connectivity index (χ3n) is 4.03. The molecule has 2 aromatic rings. The van der Waals surface area contributed by atoms with Crippen molar-refractivity contribution in [3.05, 3.63) is 61.3 Å². The van der Waals surface area contributed by atoms with Gasteiger partial charge in [0.15, 0.2) is 0 Å². The van der Waals surface area contributed by atoms with Gasteiger partial charge in [-0.25, -0.2) is 4.39 Å². The van der Waals surface area contributed by atoms with Crippen molar-refractivity contribution < 1.29 is 18.8 Å². The molecule has 1 aliphatic heterocycles. The van der Waals surface area contributed by atoms with Gasteiger partial charge in [-0.15, -0.1) is 0 Å². The normalized spacial score (nSPS) is 14.4. The van der Waals surface area contributed by atoms with Gasteiger partial charge in [0.1, 0.15) is 11.9 Å². The molecule has 140 valence electrons. The summed E-state index contributed by atoms with van der Waals surface area (Å²) in [5.74, 6) is -3.14. The van der Waals surface area contributed by atoms with Crippen molar-refractivity contribution in [2.75, 3.05) is 5.32 Å². The number of carbonyl (C=O) groups excluding carboxylic acids is 3. The van der Waals surface area contributed by atoms with Gasteiger partial charge in [-0.2, -0.15) is 0 Å². The average molecular weight is 450 g/mol. The maximum atomic E-state index is 13.7. The number of nitrogens with zero attached hydrogens (tertiary/aromatic N) is 1. The van der Waals surface area contributed by atoms with E-state index in [9.17, 15) is 18.8 Å². The predicted octanol–water partition coefficient (Wildman–Crippen LogP) is 5.06. The highest BCUT2D eigenvalue weighted by Crippen LogP contribution is 2.45. The van der Waals surface area contributed by atoms with Gasteiger partial charge in [0.2, 0.25) is 5.91 Å². The summed E-state index contributed by atoms with van der Waals surface area (Å²) in [7, 11) is 0. The van der Waals surface area contributed by atoms with E-state index < -0.39 is 29.6 Å². The molecule has 0 aliphatic carbocycles. The lowest BCUT2D eigenvalue weighted by atomic mass is 10.1. The number of hydrogen-bond acceptors (Lipinski definition) is 3. The number of fused-ring (bicyclic) bond motifs is 1. The Balaban J connectivity index is 1.96. The van der Waals surface area contributed by atoms with Crippen LogP contribution in [0.15, 0.2) is 24.3 Å². The van der Waals surface area contributed by atoms with Crippen LogP contribution in [0.1, 0.15) is 27.6 Å². The number of rotatable bonds is 3. The quantitative estimate of drug-likeness (QED) is 0.404. The van der Waals surface area contributed by atoms with Crippen molar-refractivity contribution in [3.8, 4) is 0 Å². The van der Waals surface area contributed by atoms with Gasteiger partial charge >= 0.3 is 0 Å². The number of halogens is 5. The molecule has 0 saturated carbocycles. The van der Waals surface area contributed by atoms with Crippen molar-refractivity contribution in [2.24, 2.45) is 0 Å². The Morgan fingerprint density at radius 2 is 1.44 bits per heavy atom. The van der Waals surface area contributed by atoms with Gasteiger partial charge in [-0.3, -0.25) is 19.3 Å². The zero-order valence-corrected chi connectivity index (χ0v) is 16.5. The fourth-order valence-electron chi connectivity index (χ4n) is 2.64. The maximum absolute atomic E-state index is 13.7. The lowest BCUT2D eigenvalue weighted by molar-refractivity contribution is -0.119. The molecule has 5 nitrogen and oxygen atoms in total. The molecule has 10 heteroatoms. The van der Waals surface area contributed by atoms with Crippen LogP contribution < -0.4 is 5.32 Å². The Bertz CT molecular complexity index is 965. The molecular formula is C17H9Cl4FN2O3. The third-order valence-corrected chi connectivity index (χ3v) is 5.83. The van der Waals surface area contributed by atoms with Crippen LogP contribution in [0, 0.1) is 5.82 Å². The SMILES string of the molecule is CC(C(=O)Nc1ccccc1F)N1C(=O)c2c(Cl)c(Cl)c(Cl)c(Cl)c2C1=O. The van der Waals surface area contributed by atoms with Crippen molar-refractivity contribution in [1.29, 1.82) is 0 Å². The van der Waals surface area contributed by atoms with E-state index in [-0.39, 0.29) is 36.9 Å². The summed E-state index contributed by atoms with van der Waals surface area (Å²) in [6, 6.07) is 4.20. The molecule has 1 heterocycles. The Labute approximate surface area is 172 Å². The monoisotopic (exact) mass is 448 g/mol. The van der Waals surface area contributed by atoms with E-state index in [1.165, 1.54) is 25.1 Å². The van der Waals surface area contributed by atoms with Crippen LogP contribution in [0.2, 0.25) is 20.1 Å². The smallest absolute Gasteiger partial charge is 0.263 e. The fraction of sp³-hybridized carbons (Fsp3) is 0.118. The summed E-state index contributed by atoms with van der Waals surface area (Å²) in [5.41, 5.74) is -0.550. The lowest BCUT2D eigenvalue weighted by Gasteiger charge is -2.21. The minimum Gasteiger partial charge on any atom is -0.322 e. The van der Waals surface area contributed by atoms with Crippen LogP contribution in [0.4, 0.5) is 10.1 Å². The number of hydrogen-bond donors (Lipinski definition) is 1. The number of benzene rings is 2. The molecule has 0 aromatic heterocycles. The summed E-state index contributed by atoms with van der Waals surface area (Å²) in [4.78, 5) is 38.6. The zero-order valence-electron chi connectivity index (χ0n) is 13.4. The Kier molecular flexibility index (Phi) is 5.36. The first-order valence-electron chi connectivity index (χ1n) is 7.46. The van der Waals surface area contributed by atoms with E-state index in [0.29, 0.717) is 4.90 Å². The number of carbonyl (C=O) groups is 3. The van der Waals surface area contributed by atoms with Gasteiger partial charge in [0.05, 0.1) is 36.9 Å². The van der Waals surface area contributed by atoms with Crippen molar-refractivity contribution in [1.82, 2.24) is 4.90 Å². The lowest BCUT2D eigenvalue weighted by Crippen LogP contribution is -2.45. The highest BCUT2D eigenvalue weighted by atomic mass is 35.5. The highest BCUT2D eigenvalue weighted by molar-refractivity contribution is 6.55. The average Bonchev–Trinajstić information content (AvgIpc) is 2.90. The molecule has 3 amide bonds. The molecule has 27 heavy (non-hydrogen) atoms. The number of imide groups is 1. The molecule has 0 radical (unpaired) electrons. The molecule has 2 aromatic carbocycles. The summed E-state index contributed by atoms with van der Waals surface area (Å²) in [6.45, 7) is 1.31. The Morgan fingerprint density at radius 3 is 1.93 bits per heavy atom. The van der Waals surface area contributed by atoms with Gasteiger partial charge in [-0.1, -0.05) is 58.5 Å². The van der Waals surface area contributed by atoms with E-state index in [4.69, 9.17) is 46.4 Å². The first kappa shape index (κ1) is 19.9. The van der Waals surface area contributed by atoms with E-state index in [1.54, 1.807) is 0 Å². The predicted molar refractivity (Wildman–Crippen MR) is 101 cm³/mol. The molecule has 1 N–H and O–H groups in total. The second kappa shape index (κ2) is 7.28. The van der Waals surface area contributed by atoms with Crippen LogP contribution in [0.3, 0.4) is 0 Å². The summed E-state index contributed by atoms with van der Waals surface area (Å²) >= 11 is 24.0. The molecular weight excluding hydrogens is 441 g/mol. The second-order valence-corrected chi connectivity index (χ2v) is 7.14. The van der Waals surface area contributed by atoms with Gasteiger partial charge in [-0.05, 0) is 19.1 Å². The van der Waals surface area contributed by atoms with E-state index in [1.807, 2.05) is 0 Å². The standard InChI is InChI=1S/C17H9Cl4FN2O3/c1-6(15(25)23-8-5-3-2-4-7(8)22)24-16(26)9-10(17(24)27)12(19)14(21)13(20)11(9)18/h2-6H,1H3,(H,23,25). The van der Waals surface area contributed by atoms with Crippen molar-refractivity contribution in [2.45, 2.75) is 13.0 Å². The van der Waals surface area contributed by atoms with Gasteiger partial charge in [0.25, 0.3) is 11.8 Å². The number of para-hydroxylation sites is 1. The minimum atomic E-state index is -1.28. The largest absolute Gasteiger partial charge is 0.322 e. The zero-order chi connectivity index (χ0) is 20.0. The third kappa shape index (κ3) is 3.17. The van der Waals surface area contributed by atoms with Crippen LogP contribution in [-0.4, -0.2) is 28.7 Å². The van der Waals surface area contributed by atoms with E-state index in [2.05, 4.69) is 5.32 Å². The van der Waals surface area contributed by atoms with Crippen molar-refractivity contribution >= 4 is 69.8 Å². The van der Waals surface area contributed by atoms with E-state index in [0.717, 1.165) is 6.07 Å². The Morgan fingerprint density at radius 1 is 0.963 bits per heavy atom. The molecule has 3 rings (SSSR count). The molecule has 1 aliphatic rings. The van der Waals surface area contributed by atoms with Gasteiger partial charge < -0.3 is 5.32 Å². The maximum Gasteiger partial charge on any atom is 0.263 e. The van der Waals surface area contributed by atoms with Crippen molar-refractivity contribution in [3.63, 3.8) is 0 Å². The second-order valence-electron chi connectivity index (χ2n) is 5.63. The molecule has 1 atom stereocenters. The minimum absolute atomic E-state index is 0.0897. The summed E-state index contributed by atoms with van der Waals surface area (Å²) < 4.78 is 13.7. The first-order chi connectivity index (χ1) is 12.7. The molecule has 1 unspecified atom stereocenters. The molecule has 0 spiro atoms. The summed E-state index contributed by atoms with van der Waals surface area (Å²) in [5, 5.41) is 1.52. The topological polar surface area (TPSA) is 66.5 Å². The highest BCUT2D eigenvalue weighted by Gasteiger charge is 2.45. The molecule has 0 bridgehead atoms. The fourth-order valence-corrected chi connectivity index (χ4v) is 3.65. The first-order valence-corrected chi connectivity index (χ1v) is 8.97. The summed E-state index contributed by atoms with van der Waals surface area (Å²) in [6.07, 6.45) is 0. The van der Waals surface area contributed by atoms with Crippen LogP contribution in [-0.2, 0) is 4.79 Å². The van der Waals surface area contributed by atoms with E-state index >= 15 is 0 Å².